The van der Waals surface area contributed by atoms with Gasteiger partial charge in [-0.3, -0.25) is 4.79 Å². The summed E-state index contributed by atoms with van der Waals surface area (Å²) >= 11 is 0. The van der Waals surface area contributed by atoms with Crippen molar-refractivity contribution in [1.29, 1.82) is 0 Å². The van der Waals surface area contributed by atoms with Crippen LogP contribution in [0.25, 0.3) is 0 Å². The van der Waals surface area contributed by atoms with Crippen molar-refractivity contribution in [3.05, 3.63) is 24.3 Å². The Labute approximate surface area is 131 Å². The third-order valence-corrected chi connectivity index (χ3v) is 4.13. The summed E-state index contributed by atoms with van der Waals surface area (Å²) in [7, 11) is 1.56. The summed E-state index contributed by atoms with van der Waals surface area (Å²) in [5.74, 6) is 1.20. The second kappa shape index (κ2) is 8.63. The number of benzene rings is 1. The van der Waals surface area contributed by atoms with Crippen LogP contribution in [0.4, 0.5) is 0 Å². The summed E-state index contributed by atoms with van der Waals surface area (Å²) < 4.78 is 10.6. The van der Waals surface area contributed by atoms with Crippen LogP contribution in [0.5, 0.6) is 11.5 Å². The maximum absolute atomic E-state index is 11.8. The van der Waals surface area contributed by atoms with Crippen molar-refractivity contribution in [2.45, 2.75) is 38.2 Å². The van der Waals surface area contributed by atoms with E-state index >= 15 is 0 Å². The van der Waals surface area contributed by atoms with Crippen molar-refractivity contribution < 1.29 is 19.4 Å². The molecule has 1 saturated carbocycles. The normalized spacial score (nSPS) is 16.8. The van der Waals surface area contributed by atoms with E-state index in [1.54, 1.807) is 19.2 Å². The number of aliphatic hydroxyl groups excluding tert-OH is 1. The number of carbonyl (C=O) groups is 1. The average Bonchev–Trinajstić information content (AvgIpc) is 2.58. The highest BCUT2D eigenvalue weighted by atomic mass is 16.5. The topological polar surface area (TPSA) is 67.8 Å². The Morgan fingerprint density at radius 3 is 2.64 bits per heavy atom. The third kappa shape index (κ3) is 4.91. The van der Waals surface area contributed by atoms with Crippen molar-refractivity contribution in [3.8, 4) is 11.5 Å². The molecule has 2 rings (SSSR count). The van der Waals surface area contributed by atoms with Gasteiger partial charge in [-0.25, -0.2) is 0 Å². The minimum absolute atomic E-state index is 0.0856. The first-order chi connectivity index (χ1) is 10.7. The maximum Gasteiger partial charge on any atom is 0.258 e. The number of para-hydroxylation sites is 2. The average molecular weight is 307 g/mol. The van der Waals surface area contributed by atoms with Crippen LogP contribution in [0.15, 0.2) is 24.3 Å². The van der Waals surface area contributed by atoms with E-state index in [4.69, 9.17) is 9.47 Å². The van der Waals surface area contributed by atoms with Crippen LogP contribution >= 0.6 is 0 Å². The van der Waals surface area contributed by atoms with Gasteiger partial charge in [0.2, 0.25) is 0 Å². The molecule has 1 amide bonds. The molecule has 0 radical (unpaired) electrons. The van der Waals surface area contributed by atoms with Gasteiger partial charge in [0.05, 0.1) is 13.2 Å². The summed E-state index contributed by atoms with van der Waals surface area (Å²) in [6.07, 6.45) is 5.24. The second-order valence-electron chi connectivity index (χ2n) is 5.71. The van der Waals surface area contributed by atoms with Crippen LogP contribution < -0.4 is 14.8 Å². The van der Waals surface area contributed by atoms with Gasteiger partial charge in [0, 0.05) is 6.54 Å². The van der Waals surface area contributed by atoms with Crippen LogP contribution in [-0.2, 0) is 4.79 Å². The minimum Gasteiger partial charge on any atom is -0.493 e. The molecule has 0 spiro atoms. The first-order valence-electron chi connectivity index (χ1n) is 7.91. The minimum atomic E-state index is -0.462. The van der Waals surface area contributed by atoms with Crippen molar-refractivity contribution in [1.82, 2.24) is 5.32 Å². The fourth-order valence-electron chi connectivity index (χ4n) is 2.84. The highest BCUT2D eigenvalue weighted by molar-refractivity contribution is 5.77. The number of nitrogens with one attached hydrogen (secondary N) is 1. The van der Waals surface area contributed by atoms with E-state index in [0.717, 1.165) is 12.8 Å². The monoisotopic (exact) mass is 307 g/mol. The molecule has 0 heterocycles. The first kappa shape index (κ1) is 16.6. The van der Waals surface area contributed by atoms with E-state index in [9.17, 15) is 9.90 Å². The lowest BCUT2D eigenvalue weighted by Gasteiger charge is -2.26. The predicted octanol–water partition coefficient (Wildman–Crippen LogP) is 2.13. The molecular weight excluding hydrogens is 282 g/mol. The number of aliphatic hydroxyl groups is 1. The van der Waals surface area contributed by atoms with E-state index in [-0.39, 0.29) is 12.5 Å². The summed E-state index contributed by atoms with van der Waals surface area (Å²) in [4.78, 5) is 11.8. The van der Waals surface area contributed by atoms with E-state index in [1.807, 2.05) is 12.1 Å². The molecule has 2 N–H and O–H groups in total. The molecule has 0 aromatic heterocycles. The zero-order valence-corrected chi connectivity index (χ0v) is 13.1. The van der Waals surface area contributed by atoms with E-state index in [2.05, 4.69) is 5.32 Å². The number of carbonyl (C=O) groups excluding carboxylic acids is 1. The smallest absolute Gasteiger partial charge is 0.258 e. The number of amides is 1. The van der Waals surface area contributed by atoms with Crippen molar-refractivity contribution in [2.24, 2.45) is 5.92 Å². The zero-order chi connectivity index (χ0) is 15.8. The number of hydrogen-bond donors (Lipinski definition) is 2. The standard InChI is InChI=1S/C17H25NO4/c1-21-15-9-5-6-10-16(15)22-12-17(20)18-11-14(19)13-7-3-2-4-8-13/h5-6,9-10,13-14,19H,2-4,7-8,11-12H2,1H3,(H,18,20). The van der Waals surface area contributed by atoms with Crippen LogP contribution in [0, 0.1) is 5.92 Å². The highest BCUT2D eigenvalue weighted by Crippen LogP contribution is 2.26. The molecule has 5 heteroatoms. The number of hydrogen-bond acceptors (Lipinski definition) is 4. The third-order valence-electron chi connectivity index (χ3n) is 4.13. The summed E-state index contributed by atoms with van der Waals surface area (Å²) in [6.45, 7) is 0.205. The van der Waals surface area contributed by atoms with E-state index in [0.29, 0.717) is 24.0 Å². The summed E-state index contributed by atoms with van der Waals surface area (Å²) in [5.41, 5.74) is 0. The van der Waals surface area contributed by atoms with Gasteiger partial charge in [0.1, 0.15) is 0 Å². The van der Waals surface area contributed by atoms with Gasteiger partial charge in [-0.1, -0.05) is 31.4 Å². The highest BCUT2D eigenvalue weighted by Gasteiger charge is 2.22. The lowest BCUT2D eigenvalue weighted by atomic mass is 9.85. The first-order valence-corrected chi connectivity index (χ1v) is 7.91. The molecule has 22 heavy (non-hydrogen) atoms. The number of rotatable bonds is 7. The van der Waals surface area contributed by atoms with Gasteiger partial charge < -0.3 is 19.9 Å². The lowest BCUT2D eigenvalue weighted by molar-refractivity contribution is -0.123. The Kier molecular flexibility index (Phi) is 6.52. The van der Waals surface area contributed by atoms with E-state index < -0.39 is 6.10 Å². The van der Waals surface area contributed by atoms with Gasteiger partial charge in [-0.2, -0.15) is 0 Å². The van der Waals surface area contributed by atoms with Crippen LogP contribution in [0.2, 0.25) is 0 Å². The van der Waals surface area contributed by atoms with Crippen molar-refractivity contribution >= 4 is 5.91 Å². The largest absolute Gasteiger partial charge is 0.493 e. The zero-order valence-electron chi connectivity index (χ0n) is 13.1. The van der Waals surface area contributed by atoms with Gasteiger partial charge >= 0.3 is 0 Å². The van der Waals surface area contributed by atoms with Gasteiger partial charge in [-0.15, -0.1) is 0 Å². The molecule has 122 valence electrons. The van der Waals surface area contributed by atoms with Crippen LogP contribution in [0.3, 0.4) is 0 Å². The van der Waals surface area contributed by atoms with Crippen LogP contribution in [0.1, 0.15) is 32.1 Å². The number of methoxy groups -OCH3 is 1. The van der Waals surface area contributed by atoms with Crippen LogP contribution in [-0.4, -0.2) is 37.4 Å². The molecule has 5 nitrogen and oxygen atoms in total. The molecule has 1 unspecified atom stereocenters. The van der Waals surface area contributed by atoms with Gasteiger partial charge in [-0.05, 0) is 30.9 Å². The summed E-state index contributed by atoms with van der Waals surface area (Å²) in [5, 5.41) is 12.8. The van der Waals surface area contributed by atoms with Gasteiger partial charge in [0.15, 0.2) is 18.1 Å². The fourth-order valence-corrected chi connectivity index (χ4v) is 2.84. The Morgan fingerprint density at radius 2 is 1.95 bits per heavy atom. The van der Waals surface area contributed by atoms with Crippen molar-refractivity contribution in [3.63, 3.8) is 0 Å². The molecule has 1 aromatic carbocycles. The Bertz CT molecular complexity index is 471. The summed E-state index contributed by atoms with van der Waals surface area (Å²) in [6, 6.07) is 7.19. The lowest BCUT2D eigenvalue weighted by Crippen LogP contribution is -2.39. The molecule has 1 aromatic rings. The fraction of sp³-hybridized carbons (Fsp3) is 0.588. The van der Waals surface area contributed by atoms with Crippen molar-refractivity contribution in [2.75, 3.05) is 20.3 Å². The molecule has 1 fully saturated rings. The molecule has 1 atom stereocenters. The van der Waals surface area contributed by atoms with Gasteiger partial charge in [0.25, 0.3) is 5.91 Å². The molecule has 0 saturated heterocycles. The molecule has 0 aliphatic heterocycles. The Balaban J connectivity index is 1.71. The van der Waals surface area contributed by atoms with E-state index in [1.165, 1.54) is 19.3 Å². The number of ether oxygens (including phenoxy) is 2. The Hall–Kier alpha value is -1.75. The molecule has 1 aliphatic carbocycles. The molecule has 1 aliphatic rings. The second-order valence-corrected chi connectivity index (χ2v) is 5.71. The Morgan fingerprint density at radius 1 is 1.27 bits per heavy atom. The molecular formula is C17H25NO4. The molecule has 0 bridgehead atoms. The quantitative estimate of drug-likeness (QED) is 0.810. The maximum atomic E-state index is 11.8. The SMILES string of the molecule is COc1ccccc1OCC(=O)NCC(O)C1CCCCC1. The predicted molar refractivity (Wildman–Crippen MR) is 84.1 cm³/mol.